The van der Waals surface area contributed by atoms with Gasteiger partial charge in [0.05, 0.1) is 11.3 Å². The fraction of sp³-hybridized carbons (Fsp3) is 0.346. The molecule has 34 heavy (non-hydrogen) atoms. The van der Waals surface area contributed by atoms with Crippen molar-refractivity contribution in [2.45, 2.75) is 49.2 Å². The lowest BCUT2D eigenvalue weighted by molar-refractivity contribution is -0.120. The number of amides is 2. The van der Waals surface area contributed by atoms with Crippen molar-refractivity contribution in [3.63, 3.8) is 0 Å². The summed E-state index contributed by atoms with van der Waals surface area (Å²) in [4.78, 5) is 36.8. The molecule has 1 aliphatic rings. The lowest BCUT2D eigenvalue weighted by atomic mass is 10.2. The number of rotatable bonds is 10. The first-order valence-electron chi connectivity index (χ1n) is 11.6. The van der Waals surface area contributed by atoms with E-state index in [0.29, 0.717) is 29.7 Å². The minimum atomic E-state index is -0.118. The summed E-state index contributed by atoms with van der Waals surface area (Å²) in [6.07, 6.45) is 3.00. The first-order valence-corrected chi connectivity index (χ1v) is 13.3. The molecule has 4 rings (SSSR count). The van der Waals surface area contributed by atoms with Crippen molar-refractivity contribution >= 4 is 40.6 Å². The van der Waals surface area contributed by atoms with Gasteiger partial charge in [0.15, 0.2) is 0 Å². The quantitative estimate of drug-likeness (QED) is 0.427. The van der Waals surface area contributed by atoms with Gasteiger partial charge >= 0.3 is 0 Å². The van der Waals surface area contributed by atoms with Crippen molar-refractivity contribution in [1.29, 1.82) is 0 Å². The molecule has 0 spiro atoms. The SMILES string of the molecule is CCC(C)N(CCNC(=O)CCN1C(=O)c2cccnc2Sc2ccccc21)Cc1cccs1. The third-order valence-electron chi connectivity index (χ3n) is 6.05. The number of fused-ring (bicyclic) bond motifs is 2. The highest BCUT2D eigenvalue weighted by atomic mass is 32.2. The van der Waals surface area contributed by atoms with Gasteiger partial charge in [0, 0.05) is 54.6 Å². The third-order valence-corrected chi connectivity index (χ3v) is 7.99. The monoisotopic (exact) mass is 494 g/mol. The minimum absolute atomic E-state index is 0.0474. The van der Waals surface area contributed by atoms with Crippen LogP contribution in [0.15, 0.2) is 70.0 Å². The van der Waals surface area contributed by atoms with Crippen molar-refractivity contribution < 1.29 is 9.59 Å². The zero-order valence-electron chi connectivity index (χ0n) is 19.6. The van der Waals surface area contributed by atoms with E-state index in [2.05, 4.69) is 46.6 Å². The van der Waals surface area contributed by atoms with E-state index in [1.165, 1.54) is 16.6 Å². The highest BCUT2D eigenvalue weighted by molar-refractivity contribution is 7.99. The number of carbonyl (C=O) groups excluding carboxylic acids is 2. The zero-order chi connectivity index (χ0) is 23.9. The Bertz CT molecular complexity index is 1120. The number of hydrogen-bond donors (Lipinski definition) is 1. The number of thiophene rings is 1. The van der Waals surface area contributed by atoms with Gasteiger partial charge in [-0.1, -0.05) is 36.9 Å². The number of nitrogens with zero attached hydrogens (tertiary/aromatic N) is 3. The highest BCUT2D eigenvalue weighted by Gasteiger charge is 2.28. The third kappa shape index (κ3) is 5.87. The molecule has 0 saturated carbocycles. The summed E-state index contributed by atoms with van der Waals surface area (Å²) in [7, 11) is 0. The maximum Gasteiger partial charge on any atom is 0.261 e. The Morgan fingerprint density at radius 3 is 2.82 bits per heavy atom. The number of pyridine rings is 1. The number of para-hydroxylation sites is 1. The first-order chi connectivity index (χ1) is 16.6. The van der Waals surface area contributed by atoms with Crippen LogP contribution in [0.5, 0.6) is 0 Å². The van der Waals surface area contributed by atoms with Gasteiger partial charge in [0.25, 0.3) is 5.91 Å². The topological polar surface area (TPSA) is 65.5 Å². The summed E-state index contributed by atoms with van der Waals surface area (Å²) in [6.45, 7) is 7.00. The van der Waals surface area contributed by atoms with E-state index in [1.54, 1.807) is 34.6 Å². The van der Waals surface area contributed by atoms with Gasteiger partial charge in [0.1, 0.15) is 5.03 Å². The minimum Gasteiger partial charge on any atom is -0.355 e. The molecule has 0 radical (unpaired) electrons. The molecule has 1 atom stereocenters. The predicted molar refractivity (Wildman–Crippen MR) is 139 cm³/mol. The molecular formula is C26H30N4O2S2. The molecule has 0 aliphatic carbocycles. The fourth-order valence-electron chi connectivity index (χ4n) is 3.94. The second-order valence-electron chi connectivity index (χ2n) is 8.29. The molecule has 1 aliphatic heterocycles. The summed E-state index contributed by atoms with van der Waals surface area (Å²) in [5, 5.41) is 5.85. The molecule has 0 saturated heterocycles. The van der Waals surface area contributed by atoms with Crippen molar-refractivity contribution in [1.82, 2.24) is 15.2 Å². The van der Waals surface area contributed by atoms with E-state index in [0.717, 1.165) is 30.1 Å². The fourth-order valence-corrected chi connectivity index (χ4v) is 5.69. The van der Waals surface area contributed by atoms with Gasteiger partial charge in [-0.3, -0.25) is 14.5 Å². The molecule has 3 heterocycles. The van der Waals surface area contributed by atoms with Crippen LogP contribution in [-0.4, -0.2) is 47.4 Å². The maximum absolute atomic E-state index is 13.3. The Labute approximate surface area is 209 Å². The molecular weight excluding hydrogens is 464 g/mol. The lowest BCUT2D eigenvalue weighted by Crippen LogP contribution is -2.40. The number of aromatic nitrogens is 1. The smallest absolute Gasteiger partial charge is 0.261 e. The van der Waals surface area contributed by atoms with Crippen LogP contribution >= 0.6 is 23.1 Å². The molecule has 1 N–H and O–H groups in total. The number of anilines is 1. The normalized spacial score (nSPS) is 13.9. The highest BCUT2D eigenvalue weighted by Crippen LogP contribution is 2.40. The Kier molecular flexibility index (Phi) is 8.37. The Balaban J connectivity index is 1.36. The zero-order valence-corrected chi connectivity index (χ0v) is 21.2. The van der Waals surface area contributed by atoms with Crippen LogP contribution in [0.2, 0.25) is 0 Å². The molecule has 2 amide bonds. The molecule has 0 bridgehead atoms. The maximum atomic E-state index is 13.3. The molecule has 1 aromatic carbocycles. The van der Waals surface area contributed by atoms with Gasteiger partial charge in [-0.05, 0) is 49.1 Å². The van der Waals surface area contributed by atoms with Crippen molar-refractivity contribution in [3.8, 4) is 0 Å². The van der Waals surface area contributed by atoms with Gasteiger partial charge in [0.2, 0.25) is 5.91 Å². The molecule has 2 aromatic heterocycles. The van der Waals surface area contributed by atoms with E-state index in [4.69, 9.17) is 0 Å². The largest absolute Gasteiger partial charge is 0.355 e. The molecule has 8 heteroatoms. The Hall–Kier alpha value is -2.68. The van der Waals surface area contributed by atoms with E-state index in [-0.39, 0.29) is 18.2 Å². The summed E-state index contributed by atoms with van der Waals surface area (Å²) in [5.74, 6) is -0.166. The molecule has 3 aromatic rings. The number of nitrogens with one attached hydrogen (secondary N) is 1. The van der Waals surface area contributed by atoms with E-state index in [1.807, 2.05) is 24.3 Å². The summed E-state index contributed by atoms with van der Waals surface area (Å²) in [6, 6.07) is 16.0. The van der Waals surface area contributed by atoms with Crippen LogP contribution in [-0.2, 0) is 11.3 Å². The molecule has 178 valence electrons. The van der Waals surface area contributed by atoms with Crippen LogP contribution in [0, 0.1) is 0 Å². The molecule has 6 nitrogen and oxygen atoms in total. The van der Waals surface area contributed by atoms with Gasteiger partial charge in [-0.2, -0.15) is 0 Å². The van der Waals surface area contributed by atoms with Gasteiger partial charge in [-0.25, -0.2) is 4.98 Å². The lowest BCUT2D eigenvalue weighted by Gasteiger charge is -2.28. The second-order valence-corrected chi connectivity index (χ2v) is 10.4. The van der Waals surface area contributed by atoms with Gasteiger partial charge < -0.3 is 10.2 Å². The number of benzene rings is 1. The average molecular weight is 495 g/mol. The average Bonchev–Trinajstić information content (AvgIpc) is 3.33. The standard InChI is InChI=1S/C26H30N4O2S2/c1-3-19(2)29(18-20-8-7-17-33-20)16-14-27-24(31)12-15-30-22-10-4-5-11-23(22)34-25-21(26(30)32)9-6-13-28-25/h4-11,13,17,19H,3,12,14-16,18H2,1-2H3,(H,27,31). The van der Waals surface area contributed by atoms with E-state index in [9.17, 15) is 9.59 Å². The van der Waals surface area contributed by atoms with Crippen molar-refractivity contribution in [3.05, 3.63) is 70.5 Å². The van der Waals surface area contributed by atoms with Crippen LogP contribution in [0.1, 0.15) is 41.9 Å². The summed E-state index contributed by atoms with van der Waals surface area (Å²) < 4.78 is 0. The van der Waals surface area contributed by atoms with Crippen LogP contribution in [0.4, 0.5) is 5.69 Å². The Morgan fingerprint density at radius 1 is 1.18 bits per heavy atom. The van der Waals surface area contributed by atoms with E-state index < -0.39 is 0 Å². The number of hydrogen-bond acceptors (Lipinski definition) is 6. The summed E-state index contributed by atoms with van der Waals surface area (Å²) in [5.41, 5.74) is 1.39. The van der Waals surface area contributed by atoms with E-state index >= 15 is 0 Å². The van der Waals surface area contributed by atoms with Crippen molar-refractivity contribution in [2.24, 2.45) is 0 Å². The first kappa shape index (κ1) is 24.4. The van der Waals surface area contributed by atoms with Crippen LogP contribution in [0.25, 0.3) is 0 Å². The second kappa shape index (κ2) is 11.6. The molecule has 0 fully saturated rings. The van der Waals surface area contributed by atoms with Crippen molar-refractivity contribution in [2.75, 3.05) is 24.5 Å². The predicted octanol–water partition coefficient (Wildman–Crippen LogP) is 5.06. The van der Waals surface area contributed by atoms with Gasteiger partial charge in [-0.15, -0.1) is 11.3 Å². The number of carbonyl (C=O) groups is 2. The molecule has 1 unspecified atom stereocenters. The Morgan fingerprint density at radius 2 is 2.03 bits per heavy atom. The van der Waals surface area contributed by atoms with Crippen LogP contribution in [0.3, 0.4) is 0 Å². The summed E-state index contributed by atoms with van der Waals surface area (Å²) >= 11 is 3.25. The van der Waals surface area contributed by atoms with Crippen LogP contribution < -0.4 is 10.2 Å².